The number of fused-ring (bicyclic) bond motifs is 1. The Hall–Kier alpha value is -3.91. The van der Waals surface area contributed by atoms with E-state index >= 15 is 0 Å². The lowest BCUT2D eigenvalue weighted by Gasteiger charge is -2.13. The molecule has 0 unspecified atom stereocenters. The summed E-state index contributed by atoms with van der Waals surface area (Å²) in [4.78, 5) is 16.5. The Morgan fingerprint density at radius 2 is 1.78 bits per heavy atom. The van der Waals surface area contributed by atoms with E-state index in [1.54, 1.807) is 18.2 Å². The van der Waals surface area contributed by atoms with E-state index in [0.29, 0.717) is 22.5 Å². The first kappa shape index (κ1) is 16.6. The van der Waals surface area contributed by atoms with Gasteiger partial charge in [-0.05, 0) is 35.9 Å². The normalized spacial score (nSPS) is 13.0. The number of phenols is 1. The summed E-state index contributed by atoms with van der Waals surface area (Å²) >= 11 is 0. The number of benzene rings is 3. The summed E-state index contributed by atoms with van der Waals surface area (Å²) < 4.78 is 0. The first-order valence-corrected chi connectivity index (χ1v) is 8.43. The van der Waals surface area contributed by atoms with Crippen LogP contribution in [0, 0.1) is 11.3 Å². The Labute approximate surface area is 156 Å². The molecule has 3 aromatic rings. The van der Waals surface area contributed by atoms with Crippen molar-refractivity contribution in [2.75, 3.05) is 11.9 Å². The Bertz CT molecular complexity index is 1110. The van der Waals surface area contributed by atoms with Crippen LogP contribution in [-0.2, 0) is 4.79 Å². The first-order valence-electron chi connectivity index (χ1n) is 8.43. The number of nitrogens with zero attached hydrogens (tertiary/aromatic N) is 2. The SMILES string of the molecule is N#Cc1ccc(O)c(-c2ccc3c(c2)C(c2ccccc2)=NCC(=O)N3)c1. The van der Waals surface area contributed by atoms with Crippen LogP contribution in [-0.4, -0.2) is 23.3 Å². The van der Waals surface area contributed by atoms with Crippen LogP contribution in [0.25, 0.3) is 11.1 Å². The molecule has 130 valence electrons. The van der Waals surface area contributed by atoms with Crippen molar-refractivity contribution in [3.05, 3.63) is 83.4 Å². The molecule has 0 aromatic heterocycles. The van der Waals surface area contributed by atoms with Gasteiger partial charge in [0, 0.05) is 16.7 Å². The number of carbonyl (C=O) groups is 1. The monoisotopic (exact) mass is 353 g/mol. The molecule has 2 N–H and O–H groups in total. The third kappa shape index (κ3) is 3.16. The topological polar surface area (TPSA) is 85.5 Å². The van der Waals surface area contributed by atoms with Gasteiger partial charge in [-0.1, -0.05) is 36.4 Å². The second-order valence-corrected chi connectivity index (χ2v) is 6.18. The fourth-order valence-corrected chi connectivity index (χ4v) is 3.12. The smallest absolute Gasteiger partial charge is 0.246 e. The zero-order valence-corrected chi connectivity index (χ0v) is 14.3. The molecular formula is C22H15N3O2. The number of aliphatic imine (C=N–C) groups is 1. The minimum absolute atomic E-state index is 0.0450. The highest BCUT2D eigenvalue weighted by Gasteiger charge is 2.19. The number of hydrogen-bond donors (Lipinski definition) is 2. The zero-order valence-electron chi connectivity index (χ0n) is 14.3. The lowest BCUT2D eigenvalue weighted by atomic mass is 9.95. The quantitative estimate of drug-likeness (QED) is 0.736. The highest BCUT2D eigenvalue weighted by atomic mass is 16.3. The average Bonchev–Trinajstić information content (AvgIpc) is 2.86. The fraction of sp³-hybridized carbons (Fsp3) is 0.0455. The maximum Gasteiger partial charge on any atom is 0.246 e. The molecule has 0 saturated heterocycles. The molecule has 1 aliphatic rings. The van der Waals surface area contributed by atoms with Crippen LogP contribution in [0.2, 0.25) is 0 Å². The average molecular weight is 353 g/mol. The zero-order chi connectivity index (χ0) is 18.8. The van der Waals surface area contributed by atoms with Crippen LogP contribution in [0.4, 0.5) is 5.69 Å². The van der Waals surface area contributed by atoms with Crippen molar-refractivity contribution in [2.24, 2.45) is 4.99 Å². The number of rotatable bonds is 2. The van der Waals surface area contributed by atoms with Gasteiger partial charge in [-0.3, -0.25) is 9.79 Å². The van der Waals surface area contributed by atoms with Crippen molar-refractivity contribution in [1.29, 1.82) is 5.26 Å². The van der Waals surface area contributed by atoms with Crippen LogP contribution in [0.15, 0.2) is 71.7 Å². The molecule has 27 heavy (non-hydrogen) atoms. The lowest BCUT2D eigenvalue weighted by Crippen LogP contribution is -2.13. The molecule has 0 spiro atoms. The van der Waals surface area contributed by atoms with Crippen LogP contribution in [0.3, 0.4) is 0 Å². The molecule has 4 rings (SSSR count). The van der Waals surface area contributed by atoms with E-state index in [4.69, 9.17) is 5.26 Å². The minimum Gasteiger partial charge on any atom is -0.507 e. The van der Waals surface area contributed by atoms with Gasteiger partial charge in [0.1, 0.15) is 12.3 Å². The summed E-state index contributed by atoms with van der Waals surface area (Å²) in [6, 6.07) is 21.9. The third-order valence-corrected chi connectivity index (χ3v) is 4.41. The number of anilines is 1. The van der Waals surface area contributed by atoms with Crippen molar-refractivity contribution in [3.8, 4) is 22.9 Å². The number of carbonyl (C=O) groups excluding carboxylic acids is 1. The largest absolute Gasteiger partial charge is 0.507 e. The Morgan fingerprint density at radius 1 is 0.963 bits per heavy atom. The molecule has 0 aliphatic carbocycles. The molecule has 1 heterocycles. The van der Waals surface area contributed by atoms with Gasteiger partial charge in [-0.2, -0.15) is 5.26 Å². The number of nitrogens with one attached hydrogen (secondary N) is 1. The Morgan fingerprint density at radius 3 is 2.56 bits per heavy atom. The maximum atomic E-state index is 12.0. The number of benzodiazepines with no additional fused rings is 1. The predicted molar refractivity (Wildman–Crippen MR) is 104 cm³/mol. The van der Waals surface area contributed by atoms with Gasteiger partial charge < -0.3 is 10.4 Å². The molecule has 0 fully saturated rings. The summed E-state index contributed by atoms with van der Waals surface area (Å²) in [5, 5.41) is 22.3. The van der Waals surface area contributed by atoms with Gasteiger partial charge in [-0.25, -0.2) is 0 Å². The van der Waals surface area contributed by atoms with Crippen molar-refractivity contribution in [3.63, 3.8) is 0 Å². The van der Waals surface area contributed by atoms with E-state index in [-0.39, 0.29) is 18.2 Å². The molecule has 0 atom stereocenters. The van der Waals surface area contributed by atoms with Gasteiger partial charge in [0.25, 0.3) is 0 Å². The van der Waals surface area contributed by atoms with Crippen molar-refractivity contribution in [1.82, 2.24) is 0 Å². The summed E-state index contributed by atoms with van der Waals surface area (Å²) in [5.74, 6) is -0.0888. The molecular weight excluding hydrogens is 338 g/mol. The molecule has 3 aromatic carbocycles. The summed E-state index contributed by atoms with van der Waals surface area (Å²) in [7, 11) is 0. The minimum atomic E-state index is -0.177. The van der Waals surface area contributed by atoms with Crippen molar-refractivity contribution in [2.45, 2.75) is 0 Å². The van der Waals surface area contributed by atoms with Gasteiger partial charge in [0.05, 0.1) is 23.0 Å². The first-order chi connectivity index (χ1) is 13.2. The third-order valence-electron chi connectivity index (χ3n) is 4.41. The highest BCUT2D eigenvalue weighted by molar-refractivity contribution is 6.19. The fourth-order valence-electron chi connectivity index (χ4n) is 3.12. The molecule has 0 saturated carbocycles. The van der Waals surface area contributed by atoms with Gasteiger partial charge in [-0.15, -0.1) is 0 Å². The standard InChI is InChI=1S/C22H15N3O2/c23-12-14-6-9-20(26)17(10-14)16-7-8-19-18(11-16)22(24-13-21(27)25-19)15-4-2-1-3-5-15/h1-11,26H,13H2,(H,25,27). The number of phenolic OH excluding ortho intramolecular Hbond substituents is 1. The number of aromatic hydroxyl groups is 1. The van der Waals surface area contributed by atoms with E-state index in [1.807, 2.05) is 42.5 Å². The lowest BCUT2D eigenvalue weighted by molar-refractivity contribution is -0.114. The van der Waals surface area contributed by atoms with Gasteiger partial charge >= 0.3 is 0 Å². The second-order valence-electron chi connectivity index (χ2n) is 6.18. The predicted octanol–water partition coefficient (Wildman–Crippen LogP) is 3.72. The molecule has 5 heteroatoms. The van der Waals surface area contributed by atoms with E-state index in [1.165, 1.54) is 6.07 Å². The van der Waals surface area contributed by atoms with E-state index < -0.39 is 0 Å². The molecule has 1 amide bonds. The maximum absolute atomic E-state index is 12.0. The van der Waals surface area contributed by atoms with Crippen LogP contribution >= 0.6 is 0 Å². The Balaban J connectivity index is 1.90. The van der Waals surface area contributed by atoms with Crippen molar-refractivity contribution >= 4 is 17.3 Å². The summed E-state index contributed by atoms with van der Waals surface area (Å²) in [6.07, 6.45) is 0. The van der Waals surface area contributed by atoms with E-state index in [0.717, 1.165) is 16.7 Å². The van der Waals surface area contributed by atoms with E-state index in [2.05, 4.69) is 16.4 Å². The number of hydrogen-bond acceptors (Lipinski definition) is 4. The second kappa shape index (κ2) is 6.77. The van der Waals surface area contributed by atoms with E-state index in [9.17, 15) is 9.90 Å². The highest BCUT2D eigenvalue weighted by Crippen LogP contribution is 2.34. The molecule has 1 aliphatic heterocycles. The molecule has 0 radical (unpaired) electrons. The number of nitriles is 1. The summed E-state index contributed by atoms with van der Waals surface area (Å²) in [6.45, 7) is 0.0450. The number of amides is 1. The van der Waals surface area contributed by atoms with Crippen LogP contribution in [0.1, 0.15) is 16.7 Å². The molecule has 5 nitrogen and oxygen atoms in total. The summed E-state index contributed by atoms with van der Waals surface area (Å²) in [5.41, 5.74) is 4.81. The molecule has 0 bridgehead atoms. The van der Waals surface area contributed by atoms with Crippen LogP contribution < -0.4 is 5.32 Å². The van der Waals surface area contributed by atoms with Gasteiger partial charge in [0.2, 0.25) is 5.91 Å². The Kier molecular flexibility index (Phi) is 4.15. The van der Waals surface area contributed by atoms with Crippen LogP contribution in [0.5, 0.6) is 5.75 Å². The van der Waals surface area contributed by atoms with Crippen molar-refractivity contribution < 1.29 is 9.90 Å². The van der Waals surface area contributed by atoms with Gasteiger partial charge in [0.15, 0.2) is 0 Å².